The molecule has 1 fully saturated rings. The molecule has 4 rings (SSSR count). The second-order valence-corrected chi connectivity index (χ2v) is 9.75. The number of tetrazole rings is 1. The fourth-order valence-corrected chi connectivity index (χ4v) is 4.95. The smallest absolute Gasteiger partial charge is 0.338 e. The highest BCUT2D eigenvalue weighted by molar-refractivity contribution is 9.10. The van der Waals surface area contributed by atoms with Gasteiger partial charge in [-0.25, -0.2) is 4.79 Å². The summed E-state index contributed by atoms with van der Waals surface area (Å²) in [5, 5.41) is 15.2. The number of rotatable bonds is 4. The van der Waals surface area contributed by atoms with E-state index in [4.69, 9.17) is 4.74 Å². The van der Waals surface area contributed by atoms with Crippen molar-refractivity contribution in [2.75, 3.05) is 5.32 Å². The summed E-state index contributed by atoms with van der Waals surface area (Å²) in [5.41, 5.74) is 2.20. The number of anilines is 1. The maximum absolute atomic E-state index is 13.5. The standard InChI is InChI=1S/C22H28BrN5O2/c1-12(2)17-10-5-13(3)11-18(17)30-21(29)19-14(4)24-22-25-26-27-28(22)20(19)15-6-8-16(23)9-7-15/h6-9,12-13,17-18,20H,5,10-11H2,1-4H3,(H,24,25,27)/t13-,17+,18-,20-/m1/s1. The second kappa shape index (κ2) is 8.49. The van der Waals surface area contributed by atoms with E-state index >= 15 is 0 Å². The van der Waals surface area contributed by atoms with Crippen LogP contribution in [0.25, 0.3) is 0 Å². The molecule has 0 radical (unpaired) electrons. The molecular weight excluding hydrogens is 446 g/mol. The van der Waals surface area contributed by atoms with Crippen molar-refractivity contribution in [3.05, 3.63) is 45.6 Å². The van der Waals surface area contributed by atoms with Crippen molar-refractivity contribution in [1.82, 2.24) is 20.2 Å². The number of fused-ring (bicyclic) bond motifs is 1. The maximum atomic E-state index is 13.5. The van der Waals surface area contributed by atoms with E-state index in [1.807, 2.05) is 31.2 Å². The van der Waals surface area contributed by atoms with Crippen LogP contribution in [0.3, 0.4) is 0 Å². The van der Waals surface area contributed by atoms with Gasteiger partial charge in [0.2, 0.25) is 5.95 Å². The topological polar surface area (TPSA) is 81.9 Å². The highest BCUT2D eigenvalue weighted by atomic mass is 79.9. The van der Waals surface area contributed by atoms with Crippen molar-refractivity contribution in [1.29, 1.82) is 0 Å². The van der Waals surface area contributed by atoms with Gasteiger partial charge in [0.25, 0.3) is 0 Å². The molecule has 4 atom stereocenters. The van der Waals surface area contributed by atoms with E-state index in [1.165, 1.54) is 6.42 Å². The van der Waals surface area contributed by atoms with Gasteiger partial charge in [-0.15, -0.1) is 0 Å². The lowest BCUT2D eigenvalue weighted by Crippen LogP contribution is -2.38. The highest BCUT2D eigenvalue weighted by Gasteiger charge is 2.39. The van der Waals surface area contributed by atoms with Crippen LogP contribution in [0.5, 0.6) is 0 Å². The summed E-state index contributed by atoms with van der Waals surface area (Å²) in [7, 11) is 0. The number of allylic oxidation sites excluding steroid dienone is 1. The molecule has 30 heavy (non-hydrogen) atoms. The molecule has 2 aromatic rings. The summed E-state index contributed by atoms with van der Waals surface area (Å²) in [6.07, 6.45) is 3.13. The number of ether oxygens (including phenoxy) is 1. The Balaban J connectivity index is 1.68. The first-order valence-corrected chi connectivity index (χ1v) is 11.4. The van der Waals surface area contributed by atoms with Gasteiger partial charge < -0.3 is 10.1 Å². The Morgan fingerprint density at radius 2 is 2.00 bits per heavy atom. The van der Waals surface area contributed by atoms with Gasteiger partial charge in [-0.05, 0) is 65.6 Å². The number of aromatic nitrogens is 4. The zero-order valence-corrected chi connectivity index (χ0v) is 19.4. The predicted molar refractivity (Wildman–Crippen MR) is 118 cm³/mol. The number of benzene rings is 1. The van der Waals surface area contributed by atoms with Gasteiger partial charge in [0.1, 0.15) is 12.1 Å². The number of nitrogens with one attached hydrogen (secondary N) is 1. The van der Waals surface area contributed by atoms with E-state index in [1.54, 1.807) is 4.68 Å². The molecule has 1 aliphatic heterocycles. The average molecular weight is 474 g/mol. The molecule has 1 N–H and O–H groups in total. The Bertz CT molecular complexity index is 953. The van der Waals surface area contributed by atoms with Crippen LogP contribution in [-0.2, 0) is 9.53 Å². The normalized spacial score (nSPS) is 26.3. The summed E-state index contributed by atoms with van der Waals surface area (Å²) >= 11 is 3.48. The molecule has 2 heterocycles. The Morgan fingerprint density at radius 3 is 2.70 bits per heavy atom. The summed E-state index contributed by atoms with van der Waals surface area (Å²) in [6.45, 7) is 8.55. The lowest BCUT2D eigenvalue weighted by molar-refractivity contribution is -0.151. The van der Waals surface area contributed by atoms with Crippen LogP contribution in [-0.4, -0.2) is 32.3 Å². The molecule has 0 saturated heterocycles. The van der Waals surface area contributed by atoms with E-state index in [0.717, 1.165) is 28.6 Å². The minimum Gasteiger partial charge on any atom is -0.459 e. The molecule has 2 aliphatic rings. The van der Waals surface area contributed by atoms with Crippen molar-refractivity contribution in [3.63, 3.8) is 0 Å². The Hall–Kier alpha value is -2.22. The zero-order valence-electron chi connectivity index (χ0n) is 17.8. The SMILES string of the molecule is CC1=C(C(=O)O[C@@H]2C[C@H](C)CC[C@H]2C(C)C)[C@@H](c2ccc(Br)cc2)n2nnnc2N1. The number of hydrogen-bond acceptors (Lipinski definition) is 6. The number of carbonyl (C=O) groups excluding carboxylic acids is 1. The first-order chi connectivity index (χ1) is 14.3. The van der Waals surface area contributed by atoms with Crippen molar-refractivity contribution < 1.29 is 9.53 Å². The van der Waals surface area contributed by atoms with Gasteiger partial charge in [-0.1, -0.05) is 60.4 Å². The number of halogens is 1. The minimum absolute atomic E-state index is 0.0672. The van der Waals surface area contributed by atoms with Gasteiger partial charge >= 0.3 is 5.97 Å². The fourth-order valence-electron chi connectivity index (χ4n) is 4.68. The van der Waals surface area contributed by atoms with Crippen LogP contribution in [0.2, 0.25) is 0 Å². The van der Waals surface area contributed by atoms with Crippen LogP contribution in [0.1, 0.15) is 58.6 Å². The van der Waals surface area contributed by atoms with E-state index in [9.17, 15) is 4.79 Å². The van der Waals surface area contributed by atoms with Crippen molar-refractivity contribution in [3.8, 4) is 0 Å². The van der Waals surface area contributed by atoms with E-state index in [2.05, 4.69) is 57.5 Å². The molecular formula is C22H28BrN5O2. The molecule has 1 saturated carbocycles. The van der Waals surface area contributed by atoms with Crippen LogP contribution in [0, 0.1) is 17.8 Å². The van der Waals surface area contributed by atoms with Crippen LogP contribution < -0.4 is 5.32 Å². The predicted octanol–water partition coefficient (Wildman–Crippen LogP) is 4.73. The van der Waals surface area contributed by atoms with Crippen LogP contribution in [0.4, 0.5) is 5.95 Å². The quantitative estimate of drug-likeness (QED) is 0.646. The molecule has 7 nitrogen and oxygen atoms in total. The summed E-state index contributed by atoms with van der Waals surface area (Å²) in [5.74, 6) is 1.65. The monoisotopic (exact) mass is 473 g/mol. The van der Waals surface area contributed by atoms with Gasteiger partial charge in [-0.3, -0.25) is 0 Å². The third-order valence-electron chi connectivity index (χ3n) is 6.34. The number of carbonyl (C=O) groups is 1. The van der Waals surface area contributed by atoms with E-state index in [0.29, 0.717) is 29.3 Å². The Labute approximate surface area is 185 Å². The Kier molecular flexibility index (Phi) is 5.95. The lowest BCUT2D eigenvalue weighted by atomic mass is 9.75. The maximum Gasteiger partial charge on any atom is 0.338 e. The summed E-state index contributed by atoms with van der Waals surface area (Å²) < 4.78 is 8.80. The van der Waals surface area contributed by atoms with Crippen molar-refractivity contribution >= 4 is 27.8 Å². The first kappa shape index (κ1) is 21.0. The molecule has 0 amide bonds. The summed E-state index contributed by atoms with van der Waals surface area (Å²) in [6, 6.07) is 7.43. The van der Waals surface area contributed by atoms with Crippen LogP contribution in [0.15, 0.2) is 40.0 Å². The average Bonchev–Trinajstić information content (AvgIpc) is 3.15. The first-order valence-electron chi connectivity index (χ1n) is 10.6. The van der Waals surface area contributed by atoms with E-state index in [-0.39, 0.29) is 12.1 Å². The van der Waals surface area contributed by atoms with Gasteiger partial charge in [-0.2, -0.15) is 4.68 Å². The largest absolute Gasteiger partial charge is 0.459 e. The lowest BCUT2D eigenvalue weighted by Gasteiger charge is -2.37. The fraction of sp³-hybridized carbons (Fsp3) is 0.545. The third kappa shape index (κ3) is 4.02. The number of hydrogen-bond donors (Lipinski definition) is 1. The van der Waals surface area contributed by atoms with Gasteiger partial charge in [0, 0.05) is 10.2 Å². The Morgan fingerprint density at radius 1 is 1.27 bits per heavy atom. The molecule has 0 spiro atoms. The second-order valence-electron chi connectivity index (χ2n) is 8.83. The molecule has 1 aromatic heterocycles. The zero-order chi connectivity index (χ0) is 21.4. The molecule has 0 bridgehead atoms. The molecule has 160 valence electrons. The highest BCUT2D eigenvalue weighted by Crippen LogP contribution is 2.39. The number of nitrogens with zero attached hydrogens (tertiary/aromatic N) is 4. The van der Waals surface area contributed by atoms with Gasteiger partial charge in [0.15, 0.2) is 0 Å². The van der Waals surface area contributed by atoms with Crippen LogP contribution >= 0.6 is 15.9 Å². The van der Waals surface area contributed by atoms with Gasteiger partial charge in [0.05, 0.1) is 5.57 Å². The number of esters is 1. The minimum atomic E-state index is -0.435. The van der Waals surface area contributed by atoms with E-state index < -0.39 is 6.04 Å². The molecule has 8 heteroatoms. The molecule has 1 aromatic carbocycles. The molecule has 0 unspecified atom stereocenters. The molecule has 1 aliphatic carbocycles. The van der Waals surface area contributed by atoms with Crippen molar-refractivity contribution in [2.24, 2.45) is 17.8 Å². The summed E-state index contributed by atoms with van der Waals surface area (Å²) in [4.78, 5) is 13.5. The third-order valence-corrected chi connectivity index (χ3v) is 6.87. The van der Waals surface area contributed by atoms with Crippen molar-refractivity contribution in [2.45, 2.75) is 59.1 Å².